The lowest BCUT2D eigenvalue weighted by Gasteiger charge is -2.38. The largest absolute Gasteiger partial charge is 0.389 e. The van der Waals surface area contributed by atoms with Crippen LogP contribution in [0.4, 0.5) is 0 Å². The summed E-state index contributed by atoms with van der Waals surface area (Å²) in [6.07, 6.45) is 16.7. The molecule has 0 aromatic rings. The number of hydrogen-bond donors (Lipinski definition) is 1. The Bertz CT molecular complexity index is 291. The van der Waals surface area contributed by atoms with Crippen molar-refractivity contribution in [2.45, 2.75) is 64.4 Å². The van der Waals surface area contributed by atoms with Gasteiger partial charge in [0.1, 0.15) is 0 Å². The van der Waals surface area contributed by atoms with Crippen molar-refractivity contribution in [3.63, 3.8) is 0 Å². The molecule has 0 saturated heterocycles. The van der Waals surface area contributed by atoms with Crippen LogP contribution in [-0.2, 0) is 0 Å². The van der Waals surface area contributed by atoms with Crippen molar-refractivity contribution in [1.29, 1.82) is 0 Å². The smallest absolute Gasteiger partial charge is 0.0746 e. The summed E-state index contributed by atoms with van der Waals surface area (Å²) in [5, 5.41) is 9.85. The Morgan fingerprint density at radius 1 is 0.947 bits per heavy atom. The molecule has 0 bridgehead atoms. The average molecular weight is 262 g/mol. The van der Waals surface area contributed by atoms with Crippen LogP contribution in [0.25, 0.3) is 0 Å². The van der Waals surface area contributed by atoms with E-state index in [-0.39, 0.29) is 6.10 Å². The van der Waals surface area contributed by atoms with Crippen LogP contribution in [0.1, 0.15) is 58.3 Å². The van der Waals surface area contributed by atoms with E-state index in [2.05, 4.69) is 25.7 Å². The Morgan fingerprint density at radius 2 is 1.47 bits per heavy atom. The molecule has 0 radical (unpaired) electrons. The fraction of sp³-hybridized carbons (Fsp3) is 0.778. The van der Waals surface area contributed by atoms with Crippen LogP contribution in [0, 0.1) is 23.7 Å². The molecule has 1 unspecified atom stereocenters. The Balaban J connectivity index is 1.75. The van der Waals surface area contributed by atoms with Gasteiger partial charge in [-0.15, -0.1) is 6.58 Å². The molecule has 0 amide bonds. The molecule has 2 aliphatic carbocycles. The monoisotopic (exact) mass is 262 g/mol. The lowest BCUT2D eigenvalue weighted by Crippen LogP contribution is -2.29. The molecule has 1 N–H and O–H groups in total. The van der Waals surface area contributed by atoms with E-state index in [4.69, 9.17) is 0 Å². The predicted octanol–water partition coefficient (Wildman–Crippen LogP) is 4.72. The number of aliphatic hydroxyl groups is 1. The highest BCUT2D eigenvalue weighted by atomic mass is 16.3. The molecule has 2 rings (SSSR count). The maximum atomic E-state index is 9.85. The second-order valence-corrected chi connectivity index (χ2v) is 6.60. The van der Waals surface area contributed by atoms with E-state index in [0.29, 0.717) is 5.92 Å². The summed E-state index contributed by atoms with van der Waals surface area (Å²) >= 11 is 0. The van der Waals surface area contributed by atoms with E-state index in [1.54, 1.807) is 6.08 Å². The first-order chi connectivity index (χ1) is 9.24. The van der Waals surface area contributed by atoms with Gasteiger partial charge in [0.25, 0.3) is 0 Å². The molecular formula is C18H30O. The Labute approximate surface area is 118 Å². The van der Waals surface area contributed by atoms with Crippen LogP contribution in [0.3, 0.4) is 0 Å². The minimum absolute atomic E-state index is 0.272. The minimum atomic E-state index is -0.272. The fourth-order valence-corrected chi connectivity index (χ4v) is 4.23. The van der Waals surface area contributed by atoms with Crippen molar-refractivity contribution in [2.75, 3.05) is 0 Å². The van der Waals surface area contributed by atoms with Gasteiger partial charge in [-0.1, -0.05) is 18.2 Å². The number of allylic oxidation sites excluding steroid dienone is 2. The molecule has 0 heterocycles. The molecule has 2 fully saturated rings. The van der Waals surface area contributed by atoms with Crippen molar-refractivity contribution in [2.24, 2.45) is 23.7 Å². The van der Waals surface area contributed by atoms with E-state index < -0.39 is 0 Å². The molecule has 1 heteroatoms. The molecule has 1 nitrogen and oxygen atoms in total. The van der Waals surface area contributed by atoms with Gasteiger partial charge >= 0.3 is 0 Å². The molecular weight excluding hydrogens is 232 g/mol. The van der Waals surface area contributed by atoms with Gasteiger partial charge in [0.15, 0.2) is 0 Å². The first kappa shape index (κ1) is 14.8. The highest BCUT2D eigenvalue weighted by Crippen LogP contribution is 2.42. The van der Waals surface area contributed by atoms with Gasteiger partial charge in [-0.3, -0.25) is 0 Å². The number of rotatable bonds is 4. The van der Waals surface area contributed by atoms with E-state index in [1.165, 1.54) is 51.4 Å². The van der Waals surface area contributed by atoms with Gasteiger partial charge in [0.2, 0.25) is 0 Å². The average Bonchev–Trinajstić information content (AvgIpc) is 2.48. The molecule has 0 aliphatic heterocycles. The van der Waals surface area contributed by atoms with Crippen molar-refractivity contribution >= 4 is 0 Å². The molecule has 19 heavy (non-hydrogen) atoms. The SMILES string of the molecule is C=CC(O)C1CCC([C@H]2CC[C@H](/C=C/C)CC2)CC1. The summed E-state index contributed by atoms with van der Waals surface area (Å²) in [5.74, 6) is 3.22. The highest BCUT2D eigenvalue weighted by Gasteiger charge is 2.31. The van der Waals surface area contributed by atoms with Crippen molar-refractivity contribution in [1.82, 2.24) is 0 Å². The summed E-state index contributed by atoms with van der Waals surface area (Å²) in [6, 6.07) is 0. The van der Waals surface area contributed by atoms with Crippen LogP contribution >= 0.6 is 0 Å². The Hall–Kier alpha value is -0.560. The summed E-state index contributed by atoms with van der Waals surface area (Å²) in [4.78, 5) is 0. The van der Waals surface area contributed by atoms with E-state index in [1.807, 2.05) is 0 Å². The predicted molar refractivity (Wildman–Crippen MR) is 81.9 cm³/mol. The third kappa shape index (κ3) is 3.95. The van der Waals surface area contributed by atoms with Crippen LogP contribution in [0.15, 0.2) is 24.8 Å². The summed E-state index contributed by atoms with van der Waals surface area (Å²) < 4.78 is 0. The molecule has 0 spiro atoms. The first-order valence-corrected chi connectivity index (χ1v) is 8.18. The van der Waals surface area contributed by atoms with Crippen LogP contribution in [0.5, 0.6) is 0 Å². The lowest BCUT2D eigenvalue weighted by atomic mass is 9.68. The molecule has 2 saturated carbocycles. The summed E-state index contributed by atoms with van der Waals surface area (Å²) in [6.45, 7) is 5.85. The molecule has 108 valence electrons. The molecule has 2 aliphatic rings. The van der Waals surface area contributed by atoms with E-state index >= 15 is 0 Å². The van der Waals surface area contributed by atoms with Crippen molar-refractivity contribution < 1.29 is 5.11 Å². The summed E-state index contributed by atoms with van der Waals surface area (Å²) in [5.41, 5.74) is 0. The van der Waals surface area contributed by atoms with Gasteiger partial charge in [-0.2, -0.15) is 0 Å². The second kappa shape index (κ2) is 7.28. The number of aliphatic hydroxyl groups excluding tert-OH is 1. The minimum Gasteiger partial charge on any atom is -0.389 e. The third-order valence-corrected chi connectivity index (χ3v) is 5.49. The molecule has 0 aromatic heterocycles. The van der Waals surface area contributed by atoms with Crippen LogP contribution < -0.4 is 0 Å². The Kier molecular flexibility index (Phi) is 5.69. The lowest BCUT2D eigenvalue weighted by molar-refractivity contribution is 0.0865. The maximum Gasteiger partial charge on any atom is 0.0746 e. The third-order valence-electron chi connectivity index (χ3n) is 5.49. The van der Waals surface area contributed by atoms with Crippen molar-refractivity contribution in [3.05, 3.63) is 24.8 Å². The van der Waals surface area contributed by atoms with Gasteiger partial charge in [-0.25, -0.2) is 0 Å². The zero-order chi connectivity index (χ0) is 13.7. The van der Waals surface area contributed by atoms with Gasteiger partial charge < -0.3 is 5.11 Å². The zero-order valence-electron chi connectivity index (χ0n) is 12.4. The normalized spacial score (nSPS) is 38.2. The van der Waals surface area contributed by atoms with E-state index in [0.717, 1.165) is 17.8 Å². The van der Waals surface area contributed by atoms with Gasteiger partial charge in [0, 0.05) is 0 Å². The summed E-state index contributed by atoms with van der Waals surface area (Å²) in [7, 11) is 0. The topological polar surface area (TPSA) is 20.2 Å². The zero-order valence-corrected chi connectivity index (χ0v) is 12.4. The van der Waals surface area contributed by atoms with E-state index in [9.17, 15) is 5.11 Å². The quantitative estimate of drug-likeness (QED) is 0.727. The first-order valence-electron chi connectivity index (χ1n) is 8.18. The standard InChI is InChI=1S/C18H30O/c1-3-5-14-6-8-15(9-7-14)16-10-12-17(13-11-16)18(19)4-2/h3-5,14-19H,2,6-13H2,1H3/b5-3+/t14-,15-,16?,17?,18?. The van der Waals surface area contributed by atoms with Crippen LogP contribution in [-0.4, -0.2) is 11.2 Å². The van der Waals surface area contributed by atoms with Gasteiger partial charge in [-0.05, 0) is 82.0 Å². The highest BCUT2D eigenvalue weighted by molar-refractivity contribution is 4.92. The molecule has 0 aromatic carbocycles. The maximum absolute atomic E-state index is 9.85. The number of hydrogen-bond acceptors (Lipinski definition) is 1. The van der Waals surface area contributed by atoms with Crippen LogP contribution in [0.2, 0.25) is 0 Å². The molecule has 1 atom stereocenters. The van der Waals surface area contributed by atoms with Crippen molar-refractivity contribution in [3.8, 4) is 0 Å². The fourth-order valence-electron chi connectivity index (χ4n) is 4.23. The Morgan fingerprint density at radius 3 is 1.95 bits per heavy atom. The van der Waals surface area contributed by atoms with Gasteiger partial charge in [0.05, 0.1) is 6.10 Å². The second-order valence-electron chi connectivity index (χ2n) is 6.60.